The van der Waals surface area contributed by atoms with Gasteiger partial charge in [0.2, 0.25) is 0 Å². The molecule has 0 radical (unpaired) electrons. The van der Waals surface area contributed by atoms with Gasteiger partial charge in [-0.05, 0) is 13.1 Å². The Balaban J connectivity index is 3.22. The number of carbonyl (C=O) groups is 2. The Bertz CT molecular complexity index is 416. The average molecular weight is 222 g/mol. The van der Waals surface area contributed by atoms with Crippen molar-refractivity contribution in [1.82, 2.24) is 5.32 Å². The highest BCUT2D eigenvalue weighted by Crippen LogP contribution is 2.18. The van der Waals surface area contributed by atoms with Crippen molar-refractivity contribution in [2.24, 2.45) is 0 Å². The molecular weight excluding hydrogens is 208 g/mol. The molecule has 0 fully saturated rings. The number of anilines is 1. The minimum atomic E-state index is -0.599. The van der Waals surface area contributed by atoms with Gasteiger partial charge >= 0.3 is 5.97 Å². The van der Waals surface area contributed by atoms with Gasteiger partial charge < -0.3 is 15.8 Å². The molecular formula is C11H14N2O3. The number of rotatable bonds is 4. The number of nitrogens with two attached hydrogens (primary N) is 1. The Hall–Kier alpha value is -1.88. The molecule has 0 aliphatic carbocycles. The summed E-state index contributed by atoms with van der Waals surface area (Å²) in [5, 5.41) is 2.73. The van der Waals surface area contributed by atoms with Gasteiger partial charge in [-0.25, -0.2) is 4.79 Å². The third-order valence-corrected chi connectivity index (χ3v) is 2.12. The SMILES string of the molecule is CNCC(=O)c1cccc(N)c1C(=O)OC. The number of hydrogen-bond acceptors (Lipinski definition) is 5. The van der Waals surface area contributed by atoms with E-state index in [2.05, 4.69) is 10.1 Å². The highest BCUT2D eigenvalue weighted by Gasteiger charge is 2.19. The smallest absolute Gasteiger partial charge is 0.340 e. The summed E-state index contributed by atoms with van der Waals surface area (Å²) in [7, 11) is 2.91. The number of benzene rings is 1. The number of nitrogens with one attached hydrogen (secondary N) is 1. The van der Waals surface area contributed by atoms with Gasteiger partial charge in [-0.2, -0.15) is 0 Å². The van der Waals surface area contributed by atoms with E-state index in [1.807, 2.05) is 0 Å². The van der Waals surface area contributed by atoms with E-state index in [1.165, 1.54) is 7.11 Å². The molecule has 0 heterocycles. The van der Waals surface area contributed by atoms with Gasteiger partial charge in [-0.3, -0.25) is 4.79 Å². The highest BCUT2D eigenvalue weighted by molar-refractivity contribution is 6.09. The average Bonchev–Trinajstić information content (AvgIpc) is 2.28. The molecule has 0 spiro atoms. The molecule has 0 saturated carbocycles. The summed E-state index contributed by atoms with van der Waals surface area (Å²) in [6.07, 6.45) is 0. The number of hydrogen-bond donors (Lipinski definition) is 2. The van der Waals surface area contributed by atoms with E-state index in [-0.39, 0.29) is 29.1 Å². The molecule has 16 heavy (non-hydrogen) atoms. The Labute approximate surface area is 93.6 Å². The van der Waals surface area contributed by atoms with Crippen molar-refractivity contribution in [2.75, 3.05) is 26.4 Å². The molecule has 1 aromatic rings. The molecule has 86 valence electrons. The number of ether oxygens (including phenoxy) is 1. The zero-order valence-electron chi connectivity index (χ0n) is 9.24. The van der Waals surface area contributed by atoms with Crippen LogP contribution in [0.3, 0.4) is 0 Å². The van der Waals surface area contributed by atoms with Gasteiger partial charge in [0.25, 0.3) is 0 Å². The molecule has 0 bridgehead atoms. The van der Waals surface area contributed by atoms with Crippen LogP contribution < -0.4 is 11.1 Å². The molecule has 0 atom stereocenters. The molecule has 0 unspecified atom stereocenters. The number of likely N-dealkylation sites (N-methyl/N-ethyl adjacent to an activating group) is 1. The lowest BCUT2D eigenvalue weighted by Gasteiger charge is -2.09. The van der Waals surface area contributed by atoms with Crippen molar-refractivity contribution in [3.63, 3.8) is 0 Å². The van der Waals surface area contributed by atoms with Gasteiger partial charge in [-0.1, -0.05) is 12.1 Å². The van der Waals surface area contributed by atoms with E-state index in [9.17, 15) is 9.59 Å². The summed E-state index contributed by atoms with van der Waals surface area (Å²) in [6, 6.07) is 4.75. The molecule has 0 aromatic heterocycles. The zero-order valence-corrected chi connectivity index (χ0v) is 9.24. The maximum absolute atomic E-state index is 11.7. The maximum Gasteiger partial charge on any atom is 0.340 e. The van der Waals surface area contributed by atoms with Crippen LogP contribution in [0.4, 0.5) is 5.69 Å². The van der Waals surface area contributed by atoms with Gasteiger partial charge in [-0.15, -0.1) is 0 Å². The van der Waals surface area contributed by atoms with E-state index >= 15 is 0 Å². The molecule has 0 saturated heterocycles. The number of methoxy groups -OCH3 is 1. The van der Waals surface area contributed by atoms with Gasteiger partial charge in [0.1, 0.15) is 0 Å². The van der Waals surface area contributed by atoms with E-state index in [0.717, 1.165) is 0 Å². The van der Waals surface area contributed by atoms with Crippen LogP contribution in [0, 0.1) is 0 Å². The standard InChI is InChI=1S/C11H14N2O3/c1-13-6-9(14)7-4-3-5-8(12)10(7)11(15)16-2/h3-5,13H,6,12H2,1-2H3. The van der Waals surface area contributed by atoms with Gasteiger partial charge in [0.15, 0.2) is 5.78 Å². The number of ketones is 1. The van der Waals surface area contributed by atoms with Crippen molar-refractivity contribution < 1.29 is 14.3 Å². The predicted octanol–water partition coefficient (Wildman–Crippen LogP) is 0.458. The van der Waals surface area contributed by atoms with Crippen LogP contribution in [0.15, 0.2) is 18.2 Å². The first-order chi connectivity index (χ1) is 7.61. The molecule has 0 amide bonds. The van der Waals surface area contributed by atoms with Crippen molar-refractivity contribution in [3.05, 3.63) is 29.3 Å². The van der Waals surface area contributed by atoms with E-state index in [1.54, 1.807) is 25.2 Å². The fourth-order valence-electron chi connectivity index (χ4n) is 1.39. The number of nitrogen functional groups attached to an aromatic ring is 1. The summed E-state index contributed by atoms with van der Waals surface area (Å²) >= 11 is 0. The zero-order chi connectivity index (χ0) is 12.1. The summed E-state index contributed by atoms with van der Waals surface area (Å²) in [4.78, 5) is 23.2. The summed E-state index contributed by atoms with van der Waals surface area (Å²) in [5.74, 6) is -0.798. The third kappa shape index (κ3) is 2.38. The van der Waals surface area contributed by atoms with Crippen LogP contribution in [-0.4, -0.2) is 32.5 Å². The second-order valence-electron chi connectivity index (χ2n) is 3.21. The maximum atomic E-state index is 11.7. The first-order valence-electron chi connectivity index (χ1n) is 4.76. The van der Waals surface area contributed by atoms with Crippen LogP contribution in [0.2, 0.25) is 0 Å². The van der Waals surface area contributed by atoms with Crippen molar-refractivity contribution >= 4 is 17.4 Å². The molecule has 0 aliphatic rings. The van der Waals surface area contributed by atoms with E-state index < -0.39 is 5.97 Å². The van der Waals surface area contributed by atoms with Crippen LogP contribution in [0.1, 0.15) is 20.7 Å². The fraction of sp³-hybridized carbons (Fsp3) is 0.273. The lowest BCUT2D eigenvalue weighted by molar-refractivity contribution is 0.0598. The Morgan fingerprint density at radius 1 is 1.44 bits per heavy atom. The molecule has 0 aliphatic heterocycles. The minimum absolute atomic E-state index is 0.130. The fourth-order valence-corrected chi connectivity index (χ4v) is 1.39. The number of carbonyl (C=O) groups excluding carboxylic acids is 2. The van der Waals surface area contributed by atoms with Gasteiger partial charge in [0.05, 0.1) is 19.2 Å². The summed E-state index contributed by atoms with van der Waals surface area (Å²) in [6.45, 7) is 0.146. The second-order valence-corrected chi connectivity index (χ2v) is 3.21. The Morgan fingerprint density at radius 2 is 2.12 bits per heavy atom. The molecule has 1 aromatic carbocycles. The second kappa shape index (κ2) is 5.27. The predicted molar refractivity (Wildman–Crippen MR) is 60.5 cm³/mol. The van der Waals surface area contributed by atoms with E-state index in [0.29, 0.717) is 0 Å². The minimum Gasteiger partial charge on any atom is -0.465 e. The molecule has 5 heteroatoms. The van der Waals surface area contributed by atoms with E-state index in [4.69, 9.17) is 5.73 Å². The van der Waals surface area contributed by atoms with Crippen molar-refractivity contribution in [2.45, 2.75) is 0 Å². The topological polar surface area (TPSA) is 81.4 Å². The summed E-state index contributed by atoms with van der Waals surface area (Å²) in [5.41, 5.74) is 6.31. The lowest BCUT2D eigenvalue weighted by Crippen LogP contribution is -2.22. The van der Waals surface area contributed by atoms with Crippen molar-refractivity contribution in [1.29, 1.82) is 0 Å². The van der Waals surface area contributed by atoms with Crippen LogP contribution in [0.25, 0.3) is 0 Å². The quantitative estimate of drug-likeness (QED) is 0.439. The summed E-state index contributed by atoms with van der Waals surface area (Å²) < 4.78 is 4.59. The van der Waals surface area contributed by atoms with Crippen LogP contribution in [0.5, 0.6) is 0 Å². The monoisotopic (exact) mass is 222 g/mol. The first kappa shape index (κ1) is 12.2. The van der Waals surface area contributed by atoms with Crippen LogP contribution in [-0.2, 0) is 4.74 Å². The number of Topliss-reactive ketones (excluding diaryl/α,β-unsaturated/α-hetero) is 1. The van der Waals surface area contributed by atoms with Crippen LogP contribution >= 0.6 is 0 Å². The van der Waals surface area contributed by atoms with Crippen molar-refractivity contribution in [3.8, 4) is 0 Å². The molecule has 3 N–H and O–H groups in total. The lowest BCUT2D eigenvalue weighted by atomic mass is 10.0. The first-order valence-corrected chi connectivity index (χ1v) is 4.76. The van der Waals surface area contributed by atoms with Gasteiger partial charge in [0, 0.05) is 11.3 Å². The Morgan fingerprint density at radius 3 is 2.69 bits per heavy atom. The largest absolute Gasteiger partial charge is 0.465 e. The third-order valence-electron chi connectivity index (χ3n) is 2.12. The normalized spacial score (nSPS) is 9.88. The number of esters is 1. The molecule has 1 rings (SSSR count). The molecule has 5 nitrogen and oxygen atoms in total. The highest BCUT2D eigenvalue weighted by atomic mass is 16.5. The Kier molecular flexibility index (Phi) is 4.02.